The van der Waals surface area contributed by atoms with Crippen LogP contribution in [0.4, 0.5) is 5.13 Å². The molecule has 156 valence electrons. The molecule has 0 spiro atoms. The number of rotatable bonds is 8. The van der Waals surface area contributed by atoms with Gasteiger partial charge in [-0.1, -0.05) is 12.1 Å². The molecular weight excluding hydrogens is 408 g/mol. The molecule has 0 unspecified atom stereocenters. The first kappa shape index (κ1) is 21.6. The average Bonchev–Trinajstić information content (AvgIpc) is 3.11. The van der Waals surface area contributed by atoms with E-state index in [9.17, 15) is 9.59 Å². The molecule has 2 aromatic rings. The zero-order valence-corrected chi connectivity index (χ0v) is 18.5. The summed E-state index contributed by atoms with van der Waals surface area (Å²) in [7, 11) is 3.60. The molecule has 1 aliphatic heterocycles. The largest absolute Gasteiger partial charge is 0.496 e. The van der Waals surface area contributed by atoms with Crippen LogP contribution in [0, 0.1) is 0 Å². The Morgan fingerprint density at radius 3 is 2.93 bits per heavy atom. The highest BCUT2D eigenvalue weighted by Crippen LogP contribution is 2.28. The van der Waals surface area contributed by atoms with E-state index in [-0.39, 0.29) is 11.8 Å². The highest BCUT2D eigenvalue weighted by molar-refractivity contribution is 7.98. The molecule has 0 saturated heterocycles. The van der Waals surface area contributed by atoms with E-state index in [0.717, 1.165) is 31.0 Å². The number of nitrogens with zero attached hydrogens (tertiary/aromatic N) is 2. The molecule has 0 aliphatic carbocycles. The molecule has 0 saturated carbocycles. The number of methoxy groups -OCH3 is 1. The van der Waals surface area contributed by atoms with Crippen molar-refractivity contribution in [3.63, 3.8) is 0 Å². The SMILES string of the molecule is COc1ccccc1C(=O)N[C@H](CCSC)C(=O)Nc1nc2c(s1)CN(C)CC2. The van der Waals surface area contributed by atoms with Gasteiger partial charge < -0.3 is 20.3 Å². The minimum absolute atomic E-state index is 0.248. The van der Waals surface area contributed by atoms with Crippen LogP contribution in [-0.4, -0.2) is 60.5 Å². The van der Waals surface area contributed by atoms with Gasteiger partial charge in [0, 0.05) is 24.4 Å². The number of nitrogens with one attached hydrogen (secondary N) is 2. The number of anilines is 1. The Morgan fingerprint density at radius 2 is 2.17 bits per heavy atom. The van der Waals surface area contributed by atoms with Gasteiger partial charge in [-0.15, -0.1) is 11.3 Å². The monoisotopic (exact) mass is 434 g/mol. The maximum atomic E-state index is 12.9. The van der Waals surface area contributed by atoms with Crippen molar-refractivity contribution in [1.82, 2.24) is 15.2 Å². The standard InChI is InChI=1S/C20H26N4O3S2/c1-24-10-8-14-17(12-24)29-20(22-14)23-19(26)15(9-11-28-3)21-18(25)13-6-4-5-7-16(13)27-2/h4-7,15H,8-12H2,1-3H3,(H,21,25)(H,22,23,26)/t15-/m1/s1. The molecule has 1 aromatic heterocycles. The lowest BCUT2D eigenvalue weighted by Gasteiger charge is -2.20. The summed E-state index contributed by atoms with van der Waals surface area (Å²) in [6, 6.07) is 6.33. The van der Waals surface area contributed by atoms with Crippen molar-refractivity contribution in [2.24, 2.45) is 0 Å². The van der Waals surface area contributed by atoms with Crippen molar-refractivity contribution in [3.05, 3.63) is 40.4 Å². The Bertz CT molecular complexity index is 871. The average molecular weight is 435 g/mol. The summed E-state index contributed by atoms with van der Waals surface area (Å²) >= 11 is 3.14. The zero-order valence-electron chi connectivity index (χ0n) is 16.9. The van der Waals surface area contributed by atoms with E-state index in [2.05, 4.69) is 27.6 Å². The van der Waals surface area contributed by atoms with Crippen LogP contribution in [0.15, 0.2) is 24.3 Å². The Kier molecular flexibility index (Phi) is 7.51. The molecule has 2 heterocycles. The van der Waals surface area contributed by atoms with Crippen molar-refractivity contribution < 1.29 is 14.3 Å². The molecule has 7 nitrogen and oxygen atoms in total. The van der Waals surface area contributed by atoms with Crippen LogP contribution in [0.5, 0.6) is 5.75 Å². The second-order valence-corrected chi connectivity index (χ2v) is 8.94. The van der Waals surface area contributed by atoms with Gasteiger partial charge in [-0.3, -0.25) is 9.59 Å². The number of amides is 2. The summed E-state index contributed by atoms with van der Waals surface area (Å²) in [4.78, 5) is 33.7. The molecule has 1 aromatic carbocycles. The van der Waals surface area contributed by atoms with Crippen LogP contribution in [0.3, 0.4) is 0 Å². The van der Waals surface area contributed by atoms with E-state index in [0.29, 0.717) is 22.9 Å². The highest BCUT2D eigenvalue weighted by Gasteiger charge is 2.25. The molecule has 1 atom stereocenters. The van der Waals surface area contributed by atoms with Crippen LogP contribution in [0.1, 0.15) is 27.3 Å². The van der Waals surface area contributed by atoms with Crippen LogP contribution in [-0.2, 0) is 17.8 Å². The quantitative estimate of drug-likeness (QED) is 0.665. The zero-order chi connectivity index (χ0) is 20.8. The van der Waals surface area contributed by atoms with E-state index in [1.807, 2.05) is 6.26 Å². The van der Waals surface area contributed by atoms with Gasteiger partial charge in [0.05, 0.1) is 18.4 Å². The van der Waals surface area contributed by atoms with E-state index < -0.39 is 6.04 Å². The molecule has 9 heteroatoms. The third-order valence-corrected chi connectivity index (χ3v) is 6.38. The summed E-state index contributed by atoms with van der Waals surface area (Å²) in [6.07, 6.45) is 3.39. The topological polar surface area (TPSA) is 83.6 Å². The number of fused-ring (bicyclic) bond motifs is 1. The van der Waals surface area contributed by atoms with E-state index in [1.54, 1.807) is 36.0 Å². The van der Waals surface area contributed by atoms with Crippen LogP contribution in [0.2, 0.25) is 0 Å². The van der Waals surface area contributed by atoms with Gasteiger partial charge in [-0.05, 0) is 37.6 Å². The van der Waals surface area contributed by atoms with E-state index in [1.165, 1.54) is 23.3 Å². The van der Waals surface area contributed by atoms with E-state index in [4.69, 9.17) is 4.74 Å². The summed E-state index contributed by atoms with van der Waals surface area (Å²) in [5.74, 6) is 0.653. The maximum Gasteiger partial charge on any atom is 0.255 e. The minimum atomic E-state index is -0.650. The van der Waals surface area contributed by atoms with Gasteiger partial charge in [0.15, 0.2) is 5.13 Å². The molecule has 0 bridgehead atoms. The first-order valence-electron chi connectivity index (χ1n) is 9.42. The number of carbonyl (C=O) groups is 2. The lowest BCUT2D eigenvalue weighted by Crippen LogP contribution is -2.44. The molecule has 2 N–H and O–H groups in total. The third-order valence-electron chi connectivity index (χ3n) is 4.74. The molecule has 0 fully saturated rings. The van der Waals surface area contributed by atoms with Crippen molar-refractivity contribution in [3.8, 4) is 5.75 Å². The molecule has 1 aliphatic rings. The molecule has 3 rings (SSSR count). The number of ether oxygens (including phenoxy) is 1. The van der Waals surface area contributed by atoms with Crippen molar-refractivity contribution in [2.75, 3.05) is 38.0 Å². The lowest BCUT2D eigenvalue weighted by atomic mass is 10.1. The highest BCUT2D eigenvalue weighted by atomic mass is 32.2. The number of para-hydroxylation sites is 1. The molecule has 0 radical (unpaired) electrons. The predicted molar refractivity (Wildman–Crippen MR) is 118 cm³/mol. The number of benzene rings is 1. The first-order chi connectivity index (χ1) is 14.0. The number of thioether (sulfide) groups is 1. The molecular formula is C20H26N4O3S2. The van der Waals surface area contributed by atoms with Crippen LogP contribution < -0.4 is 15.4 Å². The number of carbonyl (C=O) groups excluding carboxylic acids is 2. The Balaban J connectivity index is 1.71. The summed E-state index contributed by atoms with van der Waals surface area (Å²) in [5, 5.41) is 6.35. The van der Waals surface area contributed by atoms with Crippen LogP contribution >= 0.6 is 23.1 Å². The van der Waals surface area contributed by atoms with Crippen LogP contribution in [0.25, 0.3) is 0 Å². The first-order valence-corrected chi connectivity index (χ1v) is 11.6. The fourth-order valence-corrected chi connectivity index (χ4v) is 4.70. The predicted octanol–water partition coefficient (Wildman–Crippen LogP) is 2.63. The minimum Gasteiger partial charge on any atom is -0.496 e. The number of aromatic nitrogens is 1. The lowest BCUT2D eigenvalue weighted by molar-refractivity contribution is -0.118. The second kappa shape index (κ2) is 10.1. The van der Waals surface area contributed by atoms with Gasteiger partial charge in [0.2, 0.25) is 5.91 Å². The fraction of sp³-hybridized carbons (Fsp3) is 0.450. The summed E-state index contributed by atoms with van der Waals surface area (Å²) in [6.45, 7) is 1.82. The Labute approximate surface area is 179 Å². The smallest absolute Gasteiger partial charge is 0.255 e. The van der Waals surface area contributed by atoms with Gasteiger partial charge in [-0.2, -0.15) is 11.8 Å². The molecule has 2 amide bonds. The normalized spacial score (nSPS) is 14.7. The van der Waals surface area contributed by atoms with Crippen molar-refractivity contribution >= 4 is 40.0 Å². The Hall–Kier alpha value is -2.10. The van der Waals surface area contributed by atoms with Crippen molar-refractivity contribution in [1.29, 1.82) is 0 Å². The number of hydrogen-bond acceptors (Lipinski definition) is 7. The number of likely N-dealkylation sites (N-methyl/N-ethyl adjacent to an activating group) is 1. The third kappa shape index (κ3) is 5.49. The van der Waals surface area contributed by atoms with Gasteiger partial charge in [0.25, 0.3) is 5.91 Å². The maximum absolute atomic E-state index is 12.9. The Morgan fingerprint density at radius 1 is 1.38 bits per heavy atom. The summed E-state index contributed by atoms with van der Waals surface area (Å²) < 4.78 is 5.26. The number of hydrogen-bond donors (Lipinski definition) is 2. The fourth-order valence-electron chi connectivity index (χ4n) is 3.14. The van der Waals surface area contributed by atoms with E-state index >= 15 is 0 Å². The van der Waals surface area contributed by atoms with Gasteiger partial charge >= 0.3 is 0 Å². The van der Waals surface area contributed by atoms with Gasteiger partial charge in [-0.25, -0.2) is 4.98 Å². The molecule has 29 heavy (non-hydrogen) atoms. The van der Waals surface area contributed by atoms with Crippen molar-refractivity contribution in [2.45, 2.75) is 25.4 Å². The van der Waals surface area contributed by atoms with Gasteiger partial charge in [0.1, 0.15) is 11.8 Å². The summed E-state index contributed by atoms with van der Waals surface area (Å²) in [5.41, 5.74) is 1.46. The number of thiazole rings is 1. The second-order valence-electron chi connectivity index (χ2n) is 6.87.